The number of hydrazine groups is 1. The smallest absolute Gasteiger partial charge is 0.425 e. The minimum Gasteiger partial charge on any atom is -0.495 e. The molecule has 0 bridgehead atoms. The van der Waals surface area contributed by atoms with E-state index >= 15 is 0 Å². The molecule has 0 fully saturated rings. The number of benzene rings is 1. The van der Waals surface area contributed by atoms with Gasteiger partial charge in [0.25, 0.3) is 11.8 Å². The molecule has 3 aromatic rings. The molecule has 2 aromatic heterocycles. The van der Waals surface area contributed by atoms with E-state index in [9.17, 15) is 14.4 Å². The highest BCUT2D eigenvalue weighted by Gasteiger charge is 2.23. The summed E-state index contributed by atoms with van der Waals surface area (Å²) < 4.78 is 11.3. The fraction of sp³-hybridized carbons (Fsp3) is 0.105. The summed E-state index contributed by atoms with van der Waals surface area (Å²) in [4.78, 5) is 41.1. The Morgan fingerprint density at radius 1 is 1.09 bits per heavy atom. The highest BCUT2D eigenvalue weighted by molar-refractivity contribution is 9.10. The molecule has 0 aliphatic heterocycles. The third-order valence-corrected chi connectivity index (χ3v) is 4.73. The average molecular weight is 524 g/mol. The van der Waals surface area contributed by atoms with Crippen LogP contribution in [0.2, 0.25) is 5.02 Å². The number of rotatable bonds is 5. The van der Waals surface area contributed by atoms with Gasteiger partial charge in [-0.1, -0.05) is 17.7 Å². The summed E-state index contributed by atoms with van der Waals surface area (Å²) in [6.45, 7) is 0. The molecule has 3 rings (SSSR count). The highest BCUT2D eigenvalue weighted by Crippen LogP contribution is 2.30. The van der Waals surface area contributed by atoms with Gasteiger partial charge in [0.1, 0.15) is 16.0 Å². The van der Waals surface area contributed by atoms with Gasteiger partial charge in [0.15, 0.2) is 5.82 Å². The second-order valence-electron chi connectivity index (χ2n) is 5.98. The van der Waals surface area contributed by atoms with Gasteiger partial charge in [0, 0.05) is 12.3 Å². The fourth-order valence-corrected chi connectivity index (χ4v) is 3.21. The second-order valence-corrected chi connectivity index (χ2v) is 7.20. The van der Waals surface area contributed by atoms with Crippen molar-refractivity contribution in [2.24, 2.45) is 0 Å². The van der Waals surface area contributed by atoms with Gasteiger partial charge in [-0.15, -0.1) is 0 Å². The molecule has 2 heterocycles. The number of nitrogens with one attached hydrogen (secondary N) is 3. The Morgan fingerprint density at radius 2 is 1.88 bits per heavy atom. The molecule has 11 nitrogen and oxygen atoms in total. The molecule has 0 saturated carbocycles. The summed E-state index contributed by atoms with van der Waals surface area (Å²) in [5, 5.41) is 7.15. The lowest BCUT2D eigenvalue weighted by atomic mass is 10.1. The number of methoxy groups -OCH3 is 2. The average Bonchev–Trinajstić information content (AvgIpc) is 3.19. The van der Waals surface area contributed by atoms with Crippen LogP contribution in [0.4, 0.5) is 10.5 Å². The van der Waals surface area contributed by atoms with Crippen molar-refractivity contribution in [2.75, 3.05) is 19.5 Å². The van der Waals surface area contributed by atoms with Crippen molar-refractivity contribution >= 4 is 51.1 Å². The maximum absolute atomic E-state index is 13.1. The number of hydrogen-bond donors (Lipinski definition) is 3. The normalized spacial score (nSPS) is 10.2. The number of hydrogen-bond acceptors (Lipinski definition) is 7. The molecule has 0 aliphatic rings. The van der Waals surface area contributed by atoms with E-state index < -0.39 is 17.9 Å². The zero-order valence-corrected chi connectivity index (χ0v) is 19.0. The number of pyridine rings is 1. The third kappa shape index (κ3) is 4.98. The molecule has 0 atom stereocenters. The van der Waals surface area contributed by atoms with Crippen molar-refractivity contribution in [3.8, 4) is 11.6 Å². The molecule has 13 heteroatoms. The number of carbonyl (C=O) groups is 3. The molecular weight excluding hydrogens is 508 g/mol. The van der Waals surface area contributed by atoms with Gasteiger partial charge in [0.05, 0.1) is 30.5 Å². The molecule has 3 amide bonds. The van der Waals surface area contributed by atoms with Gasteiger partial charge in [-0.2, -0.15) is 5.10 Å². The molecule has 0 aliphatic carbocycles. The Morgan fingerprint density at radius 3 is 2.56 bits per heavy atom. The molecule has 0 saturated heterocycles. The van der Waals surface area contributed by atoms with E-state index in [1.54, 1.807) is 24.3 Å². The zero-order valence-electron chi connectivity index (χ0n) is 16.7. The standard InChI is InChI=1S/C19H16BrClN6O5/c1-31-13-7-3-5-10(17(28)24-25-19(30)32-2)15(13)23-18(29)12-9-14(20)26-27(12)16-11(21)6-4-8-22-16/h3-9H,1-2H3,(H,23,29)(H,24,28)(H,25,30). The quantitative estimate of drug-likeness (QED) is 0.437. The van der Waals surface area contributed by atoms with Gasteiger partial charge < -0.3 is 14.8 Å². The number of nitrogens with zero attached hydrogens (tertiary/aromatic N) is 3. The van der Waals surface area contributed by atoms with Crippen LogP contribution in [0.5, 0.6) is 5.75 Å². The van der Waals surface area contributed by atoms with Crippen LogP contribution in [-0.4, -0.2) is 46.9 Å². The van der Waals surface area contributed by atoms with Gasteiger partial charge in [-0.25, -0.2) is 19.9 Å². The molecule has 166 valence electrons. The Kier molecular flexibility index (Phi) is 7.28. The van der Waals surface area contributed by atoms with Crippen LogP contribution in [-0.2, 0) is 4.74 Å². The molecule has 0 radical (unpaired) electrons. The Balaban J connectivity index is 1.96. The highest BCUT2D eigenvalue weighted by atomic mass is 79.9. The summed E-state index contributed by atoms with van der Waals surface area (Å²) >= 11 is 9.45. The summed E-state index contributed by atoms with van der Waals surface area (Å²) in [7, 11) is 2.53. The van der Waals surface area contributed by atoms with Crippen LogP contribution in [0.1, 0.15) is 20.8 Å². The van der Waals surface area contributed by atoms with Gasteiger partial charge >= 0.3 is 6.09 Å². The van der Waals surface area contributed by atoms with Crippen LogP contribution in [0.25, 0.3) is 5.82 Å². The predicted octanol–water partition coefficient (Wildman–Crippen LogP) is 2.94. The summed E-state index contributed by atoms with van der Waals surface area (Å²) in [5.74, 6) is -0.883. The van der Waals surface area contributed by atoms with Crippen LogP contribution in [0, 0.1) is 0 Å². The molecule has 32 heavy (non-hydrogen) atoms. The van der Waals surface area contributed by atoms with E-state index in [0.717, 1.165) is 7.11 Å². The van der Waals surface area contributed by atoms with E-state index in [2.05, 4.69) is 46.9 Å². The van der Waals surface area contributed by atoms with E-state index in [1.807, 2.05) is 0 Å². The lowest BCUT2D eigenvalue weighted by molar-refractivity contribution is 0.0921. The van der Waals surface area contributed by atoms with E-state index in [0.29, 0.717) is 4.60 Å². The maximum atomic E-state index is 13.1. The summed E-state index contributed by atoms with van der Waals surface area (Å²) in [5.41, 5.74) is 4.42. The van der Waals surface area contributed by atoms with Gasteiger partial charge in [-0.3, -0.25) is 15.0 Å². The van der Waals surface area contributed by atoms with Crippen molar-refractivity contribution in [1.29, 1.82) is 0 Å². The van der Waals surface area contributed by atoms with Gasteiger partial charge in [0.2, 0.25) is 0 Å². The van der Waals surface area contributed by atoms with Crippen LogP contribution in [0.15, 0.2) is 47.2 Å². The molecule has 0 spiro atoms. The number of halogens is 2. The number of anilines is 1. The minimum atomic E-state index is -0.868. The van der Waals surface area contributed by atoms with Crippen molar-refractivity contribution in [3.63, 3.8) is 0 Å². The lowest BCUT2D eigenvalue weighted by Gasteiger charge is -2.15. The number of ether oxygens (including phenoxy) is 2. The second kappa shape index (κ2) is 10.1. The summed E-state index contributed by atoms with van der Waals surface area (Å²) in [6, 6.07) is 9.27. The van der Waals surface area contributed by atoms with E-state index in [4.69, 9.17) is 16.3 Å². The Hall–Kier alpha value is -3.64. The number of amides is 3. The van der Waals surface area contributed by atoms with Crippen LogP contribution in [0.3, 0.4) is 0 Å². The zero-order chi connectivity index (χ0) is 23.3. The van der Waals surface area contributed by atoms with Crippen LogP contribution >= 0.6 is 27.5 Å². The fourth-order valence-electron chi connectivity index (χ4n) is 2.63. The Labute approximate surface area is 195 Å². The SMILES string of the molecule is COC(=O)NNC(=O)c1cccc(OC)c1NC(=O)c1cc(Br)nn1-c1ncccc1Cl. The van der Waals surface area contributed by atoms with E-state index in [-0.39, 0.29) is 33.5 Å². The Bertz CT molecular complexity index is 1180. The van der Waals surface area contributed by atoms with E-state index in [1.165, 1.54) is 30.1 Å². The van der Waals surface area contributed by atoms with Crippen molar-refractivity contribution in [1.82, 2.24) is 25.6 Å². The monoisotopic (exact) mass is 522 g/mol. The third-order valence-electron chi connectivity index (χ3n) is 4.04. The number of aromatic nitrogens is 3. The van der Waals surface area contributed by atoms with Crippen molar-refractivity contribution < 1.29 is 23.9 Å². The van der Waals surface area contributed by atoms with Crippen LogP contribution < -0.4 is 20.9 Å². The first kappa shape index (κ1) is 23.0. The maximum Gasteiger partial charge on any atom is 0.425 e. The molecule has 0 unspecified atom stereocenters. The van der Waals surface area contributed by atoms with Crippen molar-refractivity contribution in [2.45, 2.75) is 0 Å². The topological polar surface area (TPSA) is 136 Å². The first-order chi connectivity index (χ1) is 15.3. The number of para-hydroxylation sites is 1. The first-order valence-electron chi connectivity index (χ1n) is 8.84. The molecule has 3 N–H and O–H groups in total. The predicted molar refractivity (Wildman–Crippen MR) is 118 cm³/mol. The van der Waals surface area contributed by atoms with Gasteiger partial charge in [-0.05, 0) is 40.2 Å². The molecule has 1 aromatic carbocycles. The summed E-state index contributed by atoms with van der Waals surface area (Å²) in [6.07, 6.45) is 0.642. The minimum absolute atomic E-state index is 0.0232. The first-order valence-corrected chi connectivity index (χ1v) is 10.0. The lowest BCUT2D eigenvalue weighted by Crippen LogP contribution is -2.41. The molecular formula is C19H16BrClN6O5. The van der Waals surface area contributed by atoms with Crippen molar-refractivity contribution in [3.05, 3.63) is 63.5 Å². The largest absolute Gasteiger partial charge is 0.495 e. The number of carbonyl (C=O) groups excluding carboxylic acids is 3.